The van der Waals surface area contributed by atoms with Crippen LogP contribution in [0.4, 0.5) is 0 Å². The zero-order valence-electron chi connectivity index (χ0n) is 7.76. The van der Waals surface area contributed by atoms with Gasteiger partial charge in [0.2, 0.25) is 6.33 Å². The summed E-state index contributed by atoms with van der Waals surface area (Å²) < 4.78 is 2.27. The number of H-pyrrole nitrogens is 1. The van der Waals surface area contributed by atoms with Crippen LogP contribution < -0.4 is 4.57 Å². The first-order chi connectivity index (χ1) is 5.13. The monoisotopic (exact) mass is 153 g/mol. The van der Waals surface area contributed by atoms with E-state index in [-0.39, 0.29) is 0 Å². The minimum absolute atomic E-state index is 0.554. The van der Waals surface area contributed by atoms with E-state index in [1.807, 2.05) is 6.33 Å². The molecule has 1 aromatic heterocycles. The van der Waals surface area contributed by atoms with Crippen molar-refractivity contribution in [2.75, 3.05) is 0 Å². The summed E-state index contributed by atoms with van der Waals surface area (Å²) in [6.45, 7) is 8.81. The van der Waals surface area contributed by atoms with Gasteiger partial charge in [-0.1, -0.05) is 13.8 Å². The normalized spacial score (nSPS) is 11.5. The number of aromatic nitrogens is 2. The Morgan fingerprint density at radius 1 is 1.27 bits per heavy atom. The van der Waals surface area contributed by atoms with E-state index in [0.29, 0.717) is 12.0 Å². The molecule has 1 rings (SSSR count). The average molecular weight is 153 g/mol. The number of aromatic amines is 1. The van der Waals surface area contributed by atoms with Gasteiger partial charge >= 0.3 is 0 Å². The van der Waals surface area contributed by atoms with Gasteiger partial charge in [-0.05, 0) is 13.8 Å². The largest absolute Gasteiger partial charge is 0.250 e. The lowest BCUT2D eigenvalue weighted by atomic mass is 10.1. The zero-order valence-corrected chi connectivity index (χ0v) is 7.76. The highest BCUT2D eigenvalue weighted by molar-refractivity contribution is 4.92. The third-order valence-electron chi connectivity index (χ3n) is 1.89. The van der Waals surface area contributed by atoms with Gasteiger partial charge < -0.3 is 0 Å². The van der Waals surface area contributed by atoms with Gasteiger partial charge in [-0.2, -0.15) is 0 Å². The van der Waals surface area contributed by atoms with E-state index < -0.39 is 0 Å². The van der Waals surface area contributed by atoms with Crippen molar-refractivity contribution < 1.29 is 4.57 Å². The smallest absolute Gasteiger partial charge is 0.241 e. The second-order valence-corrected chi connectivity index (χ2v) is 3.52. The highest BCUT2D eigenvalue weighted by atomic mass is 15.1. The fourth-order valence-electron chi connectivity index (χ4n) is 1.26. The van der Waals surface area contributed by atoms with Crippen LogP contribution in [0, 0.1) is 0 Å². The lowest BCUT2D eigenvalue weighted by Gasteiger charge is -2.06. The average Bonchev–Trinajstić information content (AvgIpc) is 2.32. The van der Waals surface area contributed by atoms with Crippen LogP contribution in [0.1, 0.15) is 45.3 Å². The Morgan fingerprint density at radius 3 is 2.27 bits per heavy atom. The van der Waals surface area contributed by atoms with Crippen LogP contribution in [0.3, 0.4) is 0 Å². The van der Waals surface area contributed by atoms with Gasteiger partial charge in [0.1, 0.15) is 11.9 Å². The minimum Gasteiger partial charge on any atom is -0.250 e. The van der Waals surface area contributed by atoms with E-state index in [9.17, 15) is 0 Å². The molecule has 62 valence electrons. The van der Waals surface area contributed by atoms with E-state index in [4.69, 9.17) is 0 Å². The summed E-state index contributed by atoms with van der Waals surface area (Å²) in [6.07, 6.45) is 4.10. The first kappa shape index (κ1) is 8.31. The number of nitrogens with one attached hydrogen (secondary N) is 1. The molecule has 0 aromatic carbocycles. The van der Waals surface area contributed by atoms with E-state index in [1.54, 1.807) is 0 Å². The molecule has 0 unspecified atom stereocenters. The third kappa shape index (κ3) is 1.62. The van der Waals surface area contributed by atoms with E-state index >= 15 is 0 Å². The maximum Gasteiger partial charge on any atom is 0.241 e. The molecule has 0 saturated carbocycles. The quantitative estimate of drug-likeness (QED) is 0.627. The molecule has 0 aliphatic heterocycles. The van der Waals surface area contributed by atoms with Crippen molar-refractivity contribution in [3.05, 3.63) is 18.2 Å². The molecule has 2 nitrogen and oxygen atoms in total. The first-order valence-electron chi connectivity index (χ1n) is 4.20. The molecule has 1 heterocycles. The number of imidazole rings is 1. The lowest BCUT2D eigenvalue weighted by molar-refractivity contribution is -0.722. The lowest BCUT2D eigenvalue weighted by Crippen LogP contribution is -2.38. The van der Waals surface area contributed by atoms with Crippen LogP contribution in [-0.4, -0.2) is 4.98 Å². The van der Waals surface area contributed by atoms with Gasteiger partial charge in [0.15, 0.2) is 0 Å². The highest BCUT2D eigenvalue weighted by Gasteiger charge is 2.14. The van der Waals surface area contributed by atoms with Crippen LogP contribution in [-0.2, 0) is 0 Å². The van der Waals surface area contributed by atoms with Crippen LogP contribution >= 0.6 is 0 Å². The van der Waals surface area contributed by atoms with E-state index in [0.717, 1.165) is 0 Å². The summed E-state index contributed by atoms with van der Waals surface area (Å²) in [5.74, 6) is 0.601. The standard InChI is InChI=1S/C9H16N2/c1-7(2)9-5-10-6-11(9)8(3)4/h5-8H,1-4H3/p+1. The molecular formula is C9H17N2+. The zero-order chi connectivity index (χ0) is 8.43. The summed E-state index contributed by atoms with van der Waals surface area (Å²) in [4.78, 5) is 3.12. The number of rotatable bonds is 2. The molecule has 0 aliphatic rings. The van der Waals surface area contributed by atoms with Crippen LogP contribution in [0.15, 0.2) is 12.5 Å². The molecule has 0 amide bonds. The molecule has 2 heteroatoms. The van der Waals surface area contributed by atoms with Gasteiger partial charge in [-0.25, -0.2) is 9.55 Å². The Labute approximate surface area is 68.3 Å². The van der Waals surface area contributed by atoms with E-state index in [1.165, 1.54) is 5.69 Å². The summed E-state index contributed by atoms with van der Waals surface area (Å²) in [7, 11) is 0. The number of nitrogens with zero attached hydrogens (tertiary/aromatic N) is 1. The molecule has 11 heavy (non-hydrogen) atoms. The molecule has 0 radical (unpaired) electrons. The molecule has 0 spiro atoms. The Morgan fingerprint density at radius 2 is 1.91 bits per heavy atom. The van der Waals surface area contributed by atoms with Gasteiger partial charge in [-0.15, -0.1) is 0 Å². The van der Waals surface area contributed by atoms with Crippen molar-refractivity contribution in [3.63, 3.8) is 0 Å². The van der Waals surface area contributed by atoms with Gasteiger partial charge in [0.05, 0.1) is 6.04 Å². The Hall–Kier alpha value is -0.790. The molecule has 1 N–H and O–H groups in total. The van der Waals surface area contributed by atoms with Crippen molar-refractivity contribution in [2.45, 2.75) is 39.7 Å². The second kappa shape index (κ2) is 3.07. The molecule has 0 atom stereocenters. The summed E-state index contributed by atoms with van der Waals surface area (Å²) in [6, 6.07) is 0.554. The van der Waals surface area contributed by atoms with Crippen molar-refractivity contribution in [2.24, 2.45) is 0 Å². The van der Waals surface area contributed by atoms with Crippen molar-refractivity contribution in [1.82, 2.24) is 4.98 Å². The molecular weight excluding hydrogens is 136 g/mol. The van der Waals surface area contributed by atoms with Crippen LogP contribution in [0.25, 0.3) is 0 Å². The van der Waals surface area contributed by atoms with Crippen LogP contribution in [0.2, 0.25) is 0 Å². The predicted molar refractivity (Wildman–Crippen MR) is 45.5 cm³/mol. The van der Waals surface area contributed by atoms with Crippen molar-refractivity contribution in [1.29, 1.82) is 0 Å². The Bertz CT molecular complexity index is 201. The summed E-state index contributed by atoms with van der Waals surface area (Å²) >= 11 is 0. The van der Waals surface area contributed by atoms with Gasteiger partial charge in [-0.3, -0.25) is 0 Å². The van der Waals surface area contributed by atoms with Crippen molar-refractivity contribution >= 4 is 0 Å². The third-order valence-corrected chi connectivity index (χ3v) is 1.89. The SMILES string of the molecule is CC(C)c1c[nH]c[n+]1C(C)C. The summed E-state index contributed by atoms with van der Waals surface area (Å²) in [5, 5.41) is 0. The maximum absolute atomic E-state index is 3.12. The Balaban J connectivity index is 2.96. The first-order valence-corrected chi connectivity index (χ1v) is 4.20. The predicted octanol–water partition coefficient (Wildman–Crippen LogP) is 2.01. The fraction of sp³-hybridized carbons (Fsp3) is 0.667. The molecule has 0 saturated heterocycles. The van der Waals surface area contributed by atoms with Gasteiger partial charge in [0.25, 0.3) is 0 Å². The highest BCUT2D eigenvalue weighted by Crippen LogP contribution is 2.09. The Kier molecular flexibility index (Phi) is 2.32. The fourth-order valence-corrected chi connectivity index (χ4v) is 1.26. The van der Waals surface area contributed by atoms with Crippen LogP contribution in [0.5, 0.6) is 0 Å². The van der Waals surface area contributed by atoms with E-state index in [2.05, 4.69) is 43.4 Å². The molecule has 0 aliphatic carbocycles. The maximum atomic E-state index is 3.12. The molecule has 0 fully saturated rings. The van der Waals surface area contributed by atoms with Crippen molar-refractivity contribution in [3.8, 4) is 0 Å². The number of hydrogen-bond donors (Lipinski definition) is 1. The molecule has 0 bridgehead atoms. The second-order valence-electron chi connectivity index (χ2n) is 3.52. The minimum atomic E-state index is 0.554. The molecule has 1 aromatic rings. The van der Waals surface area contributed by atoms with Gasteiger partial charge in [0, 0.05) is 5.92 Å². The summed E-state index contributed by atoms with van der Waals surface area (Å²) in [5.41, 5.74) is 1.38. The topological polar surface area (TPSA) is 19.7 Å². The number of hydrogen-bond acceptors (Lipinski definition) is 0.